The number of aryl methyl sites for hydroxylation is 1. The molecule has 0 radical (unpaired) electrons. The SMILES string of the molecule is CC(=O)c1ccc(NC(=O)N2CCN(c3nc(Nc4ccc(N5CCOCC5)cc4)ncc3C)CC2)cc1. The molecule has 0 unspecified atom stereocenters. The minimum atomic E-state index is -0.150. The Hall–Kier alpha value is -4.18. The van der Waals surface area contributed by atoms with E-state index in [1.165, 1.54) is 12.6 Å². The maximum Gasteiger partial charge on any atom is 0.321 e. The Morgan fingerprint density at radius 1 is 0.842 bits per heavy atom. The topological polar surface area (TPSA) is 103 Å². The molecule has 2 aromatic carbocycles. The number of hydrogen-bond donors (Lipinski definition) is 2. The number of nitrogens with zero attached hydrogens (tertiary/aromatic N) is 5. The van der Waals surface area contributed by atoms with Crippen LogP contribution in [0.25, 0.3) is 0 Å². The van der Waals surface area contributed by atoms with Gasteiger partial charge < -0.3 is 30.1 Å². The Labute approximate surface area is 222 Å². The average Bonchev–Trinajstić information content (AvgIpc) is 2.95. The molecule has 0 aliphatic carbocycles. The molecule has 2 fully saturated rings. The molecule has 0 spiro atoms. The van der Waals surface area contributed by atoms with Crippen molar-refractivity contribution in [2.24, 2.45) is 0 Å². The molecule has 2 aliphatic rings. The fraction of sp³-hybridized carbons (Fsp3) is 0.357. The van der Waals surface area contributed by atoms with Gasteiger partial charge in [0, 0.05) is 73.7 Å². The lowest BCUT2D eigenvalue weighted by Gasteiger charge is -2.36. The van der Waals surface area contributed by atoms with Crippen molar-refractivity contribution in [1.82, 2.24) is 14.9 Å². The largest absolute Gasteiger partial charge is 0.378 e. The van der Waals surface area contributed by atoms with Crippen LogP contribution in [0.2, 0.25) is 0 Å². The summed E-state index contributed by atoms with van der Waals surface area (Å²) in [6.45, 7) is 9.34. The summed E-state index contributed by atoms with van der Waals surface area (Å²) in [6, 6.07) is 15.1. The summed E-state index contributed by atoms with van der Waals surface area (Å²) in [4.78, 5) is 39.8. The fourth-order valence-electron chi connectivity index (χ4n) is 4.63. The molecule has 1 aromatic heterocycles. The van der Waals surface area contributed by atoms with Crippen LogP contribution in [0.15, 0.2) is 54.7 Å². The van der Waals surface area contributed by atoms with Gasteiger partial charge in [-0.1, -0.05) is 0 Å². The summed E-state index contributed by atoms with van der Waals surface area (Å²) in [7, 11) is 0. The number of carbonyl (C=O) groups excluding carboxylic acids is 2. The summed E-state index contributed by atoms with van der Waals surface area (Å²) in [5, 5.41) is 6.24. The van der Waals surface area contributed by atoms with Crippen molar-refractivity contribution in [2.75, 3.05) is 72.9 Å². The molecule has 0 bridgehead atoms. The summed E-state index contributed by atoms with van der Waals surface area (Å²) in [5.41, 5.74) is 4.38. The Morgan fingerprint density at radius 3 is 2.16 bits per heavy atom. The predicted molar refractivity (Wildman–Crippen MR) is 149 cm³/mol. The Bertz CT molecular complexity index is 1270. The lowest BCUT2D eigenvalue weighted by atomic mass is 10.1. The molecule has 3 heterocycles. The molecule has 2 N–H and O–H groups in total. The molecule has 5 rings (SSSR count). The zero-order valence-corrected chi connectivity index (χ0v) is 21.8. The lowest BCUT2D eigenvalue weighted by Crippen LogP contribution is -2.50. The number of morpholine rings is 1. The number of nitrogens with one attached hydrogen (secondary N) is 2. The second kappa shape index (κ2) is 11.5. The number of benzene rings is 2. The van der Waals surface area contributed by atoms with E-state index in [9.17, 15) is 9.59 Å². The molecule has 0 saturated carbocycles. The van der Waals surface area contributed by atoms with Crippen LogP contribution < -0.4 is 20.4 Å². The van der Waals surface area contributed by atoms with Gasteiger partial charge in [-0.05, 0) is 62.4 Å². The van der Waals surface area contributed by atoms with Crippen molar-refractivity contribution in [1.29, 1.82) is 0 Å². The number of aromatic nitrogens is 2. The van der Waals surface area contributed by atoms with E-state index in [0.29, 0.717) is 43.4 Å². The van der Waals surface area contributed by atoms with Gasteiger partial charge in [-0.25, -0.2) is 9.78 Å². The Kier molecular flexibility index (Phi) is 7.69. The molecular formula is C28H33N7O3. The monoisotopic (exact) mass is 515 g/mol. The van der Waals surface area contributed by atoms with E-state index >= 15 is 0 Å². The van der Waals surface area contributed by atoms with Crippen LogP contribution in [0.5, 0.6) is 0 Å². The van der Waals surface area contributed by atoms with Gasteiger partial charge in [-0.2, -0.15) is 4.98 Å². The number of carbonyl (C=O) groups is 2. The maximum atomic E-state index is 12.8. The third kappa shape index (κ3) is 6.03. The summed E-state index contributed by atoms with van der Waals surface area (Å²) >= 11 is 0. The van der Waals surface area contributed by atoms with Crippen LogP contribution >= 0.6 is 0 Å². The average molecular weight is 516 g/mol. The van der Waals surface area contributed by atoms with Crippen LogP contribution in [0.4, 0.5) is 33.6 Å². The smallest absolute Gasteiger partial charge is 0.321 e. The van der Waals surface area contributed by atoms with Crippen molar-refractivity contribution in [3.8, 4) is 0 Å². The summed E-state index contributed by atoms with van der Waals surface area (Å²) in [6.07, 6.45) is 1.83. The van der Waals surface area contributed by atoms with Gasteiger partial charge in [0.2, 0.25) is 5.95 Å². The first-order valence-corrected chi connectivity index (χ1v) is 12.9. The van der Waals surface area contributed by atoms with Gasteiger partial charge in [-0.15, -0.1) is 0 Å². The molecule has 2 saturated heterocycles. The number of amides is 2. The molecule has 198 valence electrons. The van der Waals surface area contributed by atoms with Gasteiger partial charge >= 0.3 is 6.03 Å². The third-order valence-corrected chi connectivity index (χ3v) is 6.85. The normalized spacial score (nSPS) is 15.8. The van der Waals surface area contributed by atoms with Crippen LogP contribution in [0.1, 0.15) is 22.8 Å². The Morgan fingerprint density at radius 2 is 1.50 bits per heavy atom. The molecule has 10 nitrogen and oxygen atoms in total. The second-order valence-corrected chi connectivity index (χ2v) is 9.51. The second-order valence-electron chi connectivity index (χ2n) is 9.51. The maximum absolute atomic E-state index is 12.8. The van der Waals surface area contributed by atoms with Crippen LogP contribution in [0, 0.1) is 6.92 Å². The number of hydrogen-bond acceptors (Lipinski definition) is 8. The first-order valence-electron chi connectivity index (χ1n) is 12.9. The zero-order chi connectivity index (χ0) is 26.5. The van der Waals surface area contributed by atoms with Crippen molar-refractivity contribution >= 4 is 40.6 Å². The molecule has 2 amide bonds. The van der Waals surface area contributed by atoms with Gasteiger partial charge in [-0.3, -0.25) is 4.79 Å². The van der Waals surface area contributed by atoms with Crippen LogP contribution in [-0.2, 0) is 4.74 Å². The van der Waals surface area contributed by atoms with E-state index in [0.717, 1.165) is 43.4 Å². The van der Waals surface area contributed by atoms with Gasteiger partial charge in [0.15, 0.2) is 5.78 Å². The number of rotatable bonds is 6. The van der Waals surface area contributed by atoms with E-state index < -0.39 is 0 Å². The van der Waals surface area contributed by atoms with Crippen molar-refractivity contribution in [2.45, 2.75) is 13.8 Å². The highest BCUT2D eigenvalue weighted by atomic mass is 16.5. The van der Waals surface area contributed by atoms with E-state index in [-0.39, 0.29) is 11.8 Å². The molecule has 3 aromatic rings. The van der Waals surface area contributed by atoms with Crippen LogP contribution in [0.3, 0.4) is 0 Å². The van der Waals surface area contributed by atoms with E-state index in [4.69, 9.17) is 9.72 Å². The van der Waals surface area contributed by atoms with E-state index in [2.05, 4.69) is 37.6 Å². The fourth-order valence-corrected chi connectivity index (χ4v) is 4.63. The first-order chi connectivity index (χ1) is 18.5. The quantitative estimate of drug-likeness (QED) is 0.476. The highest BCUT2D eigenvalue weighted by Crippen LogP contribution is 2.24. The number of piperazine rings is 1. The van der Waals surface area contributed by atoms with E-state index in [1.54, 1.807) is 29.2 Å². The zero-order valence-electron chi connectivity index (χ0n) is 21.8. The number of urea groups is 1. The predicted octanol–water partition coefficient (Wildman–Crippen LogP) is 3.92. The van der Waals surface area contributed by atoms with Crippen molar-refractivity contribution in [3.05, 3.63) is 65.9 Å². The summed E-state index contributed by atoms with van der Waals surface area (Å²) < 4.78 is 5.44. The number of Topliss-reactive ketones (excluding diaryl/α,β-unsaturated/α-hetero) is 1. The number of anilines is 5. The molecule has 2 aliphatic heterocycles. The molecule has 38 heavy (non-hydrogen) atoms. The highest BCUT2D eigenvalue weighted by Gasteiger charge is 2.23. The van der Waals surface area contributed by atoms with Gasteiger partial charge in [0.25, 0.3) is 0 Å². The molecular weight excluding hydrogens is 482 g/mol. The molecule has 10 heteroatoms. The Balaban J connectivity index is 1.17. The van der Waals surface area contributed by atoms with Gasteiger partial charge in [0.1, 0.15) is 5.82 Å². The first kappa shape index (κ1) is 25.5. The van der Waals surface area contributed by atoms with E-state index in [1.807, 2.05) is 25.3 Å². The number of ether oxygens (including phenoxy) is 1. The minimum Gasteiger partial charge on any atom is -0.378 e. The summed E-state index contributed by atoms with van der Waals surface area (Å²) in [5.74, 6) is 1.41. The van der Waals surface area contributed by atoms with Crippen molar-refractivity contribution in [3.63, 3.8) is 0 Å². The highest BCUT2D eigenvalue weighted by molar-refractivity contribution is 5.95. The number of ketones is 1. The van der Waals surface area contributed by atoms with Gasteiger partial charge in [0.05, 0.1) is 13.2 Å². The standard InChI is InChI=1S/C28H33N7O3/c1-20-19-29-27(30-23-7-9-25(10-8-23)33-15-17-38-18-16-33)32-26(20)34-11-13-35(14-12-34)28(37)31-24-5-3-22(4-6-24)21(2)36/h3-10,19H,11-18H2,1-2H3,(H,31,37)(H,29,30,32). The lowest BCUT2D eigenvalue weighted by molar-refractivity contribution is 0.101. The van der Waals surface area contributed by atoms with Crippen molar-refractivity contribution < 1.29 is 14.3 Å². The third-order valence-electron chi connectivity index (χ3n) is 6.85. The molecule has 0 atom stereocenters. The minimum absolute atomic E-state index is 0.000876. The van der Waals surface area contributed by atoms with Crippen LogP contribution in [-0.4, -0.2) is 79.2 Å².